The largest absolute Gasteiger partial charge is 0.393 e. The van der Waals surface area contributed by atoms with Crippen molar-refractivity contribution in [3.8, 4) is 0 Å². The number of nitrogens with one attached hydrogen (secondary N) is 1. The molecule has 1 heterocycles. The van der Waals surface area contributed by atoms with Crippen LogP contribution in [0.25, 0.3) is 0 Å². The Bertz CT molecular complexity index is 207. The summed E-state index contributed by atoms with van der Waals surface area (Å²) in [6.45, 7) is 2.28. The number of hydrogen-bond acceptors (Lipinski definition) is 2. The molecular formula is C14H27NO. The summed E-state index contributed by atoms with van der Waals surface area (Å²) in [4.78, 5) is 0. The van der Waals surface area contributed by atoms with Crippen molar-refractivity contribution >= 4 is 0 Å². The lowest BCUT2D eigenvalue weighted by Crippen LogP contribution is -2.48. The van der Waals surface area contributed by atoms with E-state index in [0.717, 1.165) is 6.42 Å². The van der Waals surface area contributed by atoms with Crippen molar-refractivity contribution in [1.29, 1.82) is 0 Å². The molecule has 16 heavy (non-hydrogen) atoms. The standard InChI is InChI=1S/C14H27NO/c1-11-7-6-9-13(15-11)12-8-4-2-3-5-10-14(12)16/h11-16H,2-10H2,1H3. The van der Waals surface area contributed by atoms with E-state index in [-0.39, 0.29) is 6.10 Å². The molecule has 0 amide bonds. The minimum atomic E-state index is -0.0527. The molecule has 4 atom stereocenters. The second-order valence-corrected chi connectivity index (χ2v) is 5.83. The van der Waals surface area contributed by atoms with Gasteiger partial charge in [0.15, 0.2) is 0 Å². The third-order valence-corrected chi connectivity index (χ3v) is 4.45. The highest BCUT2D eigenvalue weighted by Crippen LogP contribution is 2.29. The third-order valence-electron chi connectivity index (χ3n) is 4.45. The Morgan fingerprint density at radius 3 is 2.38 bits per heavy atom. The van der Waals surface area contributed by atoms with Crippen molar-refractivity contribution in [3.63, 3.8) is 0 Å². The molecule has 0 radical (unpaired) electrons. The quantitative estimate of drug-likeness (QED) is 0.719. The van der Waals surface area contributed by atoms with Crippen LogP contribution in [0, 0.1) is 5.92 Å². The molecule has 94 valence electrons. The second kappa shape index (κ2) is 6.02. The van der Waals surface area contributed by atoms with Crippen LogP contribution < -0.4 is 5.32 Å². The van der Waals surface area contributed by atoms with E-state index in [2.05, 4.69) is 12.2 Å². The highest BCUT2D eigenvalue weighted by Gasteiger charge is 2.31. The van der Waals surface area contributed by atoms with Gasteiger partial charge < -0.3 is 10.4 Å². The first kappa shape index (κ1) is 12.4. The molecule has 1 aliphatic carbocycles. The van der Waals surface area contributed by atoms with Crippen LogP contribution in [-0.4, -0.2) is 23.3 Å². The van der Waals surface area contributed by atoms with E-state index in [4.69, 9.17) is 0 Å². The van der Waals surface area contributed by atoms with E-state index >= 15 is 0 Å². The van der Waals surface area contributed by atoms with Gasteiger partial charge in [-0.05, 0) is 32.6 Å². The molecule has 2 heteroatoms. The van der Waals surface area contributed by atoms with Crippen molar-refractivity contribution < 1.29 is 5.11 Å². The molecule has 0 bridgehead atoms. The maximum atomic E-state index is 10.3. The van der Waals surface area contributed by atoms with Crippen molar-refractivity contribution in [1.82, 2.24) is 5.32 Å². The van der Waals surface area contributed by atoms with Gasteiger partial charge in [-0.2, -0.15) is 0 Å². The number of piperidine rings is 1. The number of hydrogen-bond donors (Lipinski definition) is 2. The lowest BCUT2D eigenvalue weighted by molar-refractivity contribution is 0.0508. The van der Waals surface area contributed by atoms with Gasteiger partial charge in [0.25, 0.3) is 0 Å². The van der Waals surface area contributed by atoms with Crippen LogP contribution in [-0.2, 0) is 0 Å². The monoisotopic (exact) mass is 225 g/mol. The van der Waals surface area contributed by atoms with Crippen LogP contribution in [0.2, 0.25) is 0 Å². The van der Waals surface area contributed by atoms with Gasteiger partial charge in [0.05, 0.1) is 6.10 Å². The van der Waals surface area contributed by atoms with Crippen LogP contribution in [0.1, 0.15) is 64.7 Å². The van der Waals surface area contributed by atoms with Crippen LogP contribution in [0.5, 0.6) is 0 Å². The van der Waals surface area contributed by atoms with Gasteiger partial charge in [0.2, 0.25) is 0 Å². The summed E-state index contributed by atoms with van der Waals surface area (Å²) in [6, 6.07) is 1.23. The van der Waals surface area contributed by atoms with Crippen molar-refractivity contribution in [2.45, 2.75) is 82.9 Å². The number of aliphatic hydroxyl groups excluding tert-OH is 1. The smallest absolute Gasteiger partial charge is 0.0583 e. The zero-order valence-corrected chi connectivity index (χ0v) is 10.6. The fourth-order valence-corrected chi connectivity index (χ4v) is 3.48. The van der Waals surface area contributed by atoms with Crippen LogP contribution in [0.4, 0.5) is 0 Å². The van der Waals surface area contributed by atoms with Crippen molar-refractivity contribution in [2.75, 3.05) is 0 Å². The highest BCUT2D eigenvalue weighted by atomic mass is 16.3. The predicted octanol–water partition coefficient (Wildman–Crippen LogP) is 2.85. The molecule has 0 aromatic carbocycles. The summed E-state index contributed by atoms with van der Waals surface area (Å²) in [5.74, 6) is 0.517. The molecule has 0 aromatic heterocycles. The van der Waals surface area contributed by atoms with E-state index in [9.17, 15) is 5.11 Å². The van der Waals surface area contributed by atoms with Crippen molar-refractivity contribution in [3.05, 3.63) is 0 Å². The first-order chi connectivity index (χ1) is 7.77. The maximum Gasteiger partial charge on any atom is 0.0583 e. The first-order valence-corrected chi connectivity index (χ1v) is 7.21. The van der Waals surface area contributed by atoms with Gasteiger partial charge in [-0.3, -0.25) is 0 Å². The zero-order chi connectivity index (χ0) is 11.4. The summed E-state index contributed by atoms with van der Waals surface area (Å²) in [5.41, 5.74) is 0. The maximum absolute atomic E-state index is 10.3. The predicted molar refractivity (Wildman–Crippen MR) is 67.4 cm³/mol. The molecule has 1 saturated heterocycles. The fraction of sp³-hybridized carbons (Fsp3) is 1.00. The summed E-state index contributed by atoms with van der Waals surface area (Å²) in [6.07, 6.45) is 11.3. The van der Waals surface area contributed by atoms with E-state index in [1.807, 2.05) is 0 Å². The Morgan fingerprint density at radius 1 is 0.875 bits per heavy atom. The molecule has 2 fully saturated rings. The lowest BCUT2D eigenvalue weighted by atomic mass is 9.80. The van der Waals surface area contributed by atoms with Crippen LogP contribution >= 0.6 is 0 Å². The van der Waals surface area contributed by atoms with Crippen LogP contribution in [0.3, 0.4) is 0 Å². The van der Waals surface area contributed by atoms with Gasteiger partial charge >= 0.3 is 0 Å². The van der Waals surface area contributed by atoms with Gasteiger partial charge in [-0.1, -0.05) is 32.1 Å². The topological polar surface area (TPSA) is 32.3 Å². The minimum Gasteiger partial charge on any atom is -0.393 e. The fourth-order valence-electron chi connectivity index (χ4n) is 3.48. The molecule has 2 aliphatic rings. The summed E-state index contributed by atoms with van der Waals surface area (Å²) < 4.78 is 0. The van der Waals surface area contributed by atoms with E-state index in [1.165, 1.54) is 51.4 Å². The van der Waals surface area contributed by atoms with Gasteiger partial charge in [-0.15, -0.1) is 0 Å². The summed E-state index contributed by atoms with van der Waals surface area (Å²) in [5, 5.41) is 14.0. The zero-order valence-electron chi connectivity index (χ0n) is 10.6. The molecular weight excluding hydrogens is 198 g/mol. The average Bonchev–Trinajstić information content (AvgIpc) is 2.24. The van der Waals surface area contributed by atoms with E-state index in [0.29, 0.717) is 18.0 Å². The van der Waals surface area contributed by atoms with E-state index < -0.39 is 0 Å². The highest BCUT2D eigenvalue weighted by molar-refractivity contribution is 4.87. The molecule has 0 spiro atoms. The third kappa shape index (κ3) is 3.21. The first-order valence-electron chi connectivity index (χ1n) is 7.21. The normalized spacial score (nSPS) is 42.4. The summed E-state index contributed by atoms with van der Waals surface area (Å²) in [7, 11) is 0. The lowest BCUT2D eigenvalue weighted by Gasteiger charge is -2.38. The summed E-state index contributed by atoms with van der Waals surface area (Å²) >= 11 is 0. The molecule has 2 rings (SSSR count). The minimum absolute atomic E-state index is 0.0527. The second-order valence-electron chi connectivity index (χ2n) is 5.83. The van der Waals surface area contributed by atoms with Gasteiger partial charge in [0, 0.05) is 18.0 Å². The Balaban J connectivity index is 1.92. The number of aliphatic hydroxyl groups is 1. The Kier molecular flexibility index (Phi) is 4.66. The molecule has 2 N–H and O–H groups in total. The van der Waals surface area contributed by atoms with E-state index in [1.54, 1.807) is 0 Å². The number of rotatable bonds is 1. The molecule has 2 nitrogen and oxygen atoms in total. The Morgan fingerprint density at radius 2 is 1.62 bits per heavy atom. The van der Waals surface area contributed by atoms with Gasteiger partial charge in [-0.25, -0.2) is 0 Å². The van der Waals surface area contributed by atoms with Gasteiger partial charge in [0.1, 0.15) is 0 Å². The SMILES string of the molecule is CC1CCCC(C2CCCCCCC2O)N1. The Labute approximate surface area is 99.8 Å². The molecule has 1 saturated carbocycles. The Hall–Kier alpha value is -0.0800. The molecule has 4 unspecified atom stereocenters. The average molecular weight is 225 g/mol. The molecule has 0 aromatic rings. The molecule has 1 aliphatic heterocycles. The van der Waals surface area contributed by atoms with Crippen molar-refractivity contribution in [2.24, 2.45) is 5.92 Å². The van der Waals surface area contributed by atoms with Crippen LogP contribution in [0.15, 0.2) is 0 Å².